The number of aryl methyl sites for hydroxylation is 1. The zero-order valence-corrected chi connectivity index (χ0v) is 17.5. The van der Waals surface area contributed by atoms with E-state index in [0.29, 0.717) is 12.3 Å². The van der Waals surface area contributed by atoms with Gasteiger partial charge in [-0.2, -0.15) is 30.0 Å². The van der Waals surface area contributed by atoms with E-state index in [1.807, 2.05) is 30.3 Å². The van der Waals surface area contributed by atoms with E-state index in [-0.39, 0.29) is 11.4 Å². The fraction of sp³-hybridized carbons (Fsp3) is 0.227. The van der Waals surface area contributed by atoms with Crippen molar-refractivity contribution in [1.82, 2.24) is 15.1 Å². The molecule has 0 bridgehead atoms. The molecule has 3 rings (SSSR count). The van der Waals surface area contributed by atoms with Gasteiger partial charge in [-0.05, 0) is 24.6 Å². The second kappa shape index (κ2) is 9.82. The average Bonchev–Trinajstić information content (AvgIpc) is 2.73. The normalized spacial score (nSPS) is 11.4. The molecule has 2 aromatic carbocycles. The van der Waals surface area contributed by atoms with Crippen molar-refractivity contribution in [3.63, 3.8) is 0 Å². The number of amides is 1. The van der Waals surface area contributed by atoms with E-state index >= 15 is 0 Å². The third-order valence-corrected chi connectivity index (χ3v) is 5.43. The lowest BCUT2D eigenvalue weighted by atomic mass is 10.1. The highest BCUT2D eigenvalue weighted by atomic mass is 32.2. The van der Waals surface area contributed by atoms with E-state index < -0.39 is 28.8 Å². The Balaban J connectivity index is 1.73. The van der Waals surface area contributed by atoms with Gasteiger partial charge in [0.25, 0.3) is 5.91 Å². The Morgan fingerprint density at radius 3 is 2.48 bits per heavy atom. The first-order valence-corrected chi connectivity index (χ1v) is 10.6. The molecule has 5 nitrogen and oxygen atoms in total. The van der Waals surface area contributed by atoms with Crippen LogP contribution < -0.4 is 10.7 Å². The van der Waals surface area contributed by atoms with Gasteiger partial charge in [0, 0.05) is 29.8 Å². The van der Waals surface area contributed by atoms with Crippen LogP contribution in [0, 0.1) is 6.92 Å². The minimum absolute atomic E-state index is 0.191. The van der Waals surface area contributed by atoms with Gasteiger partial charge in [-0.15, -0.1) is 0 Å². The van der Waals surface area contributed by atoms with Gasteiger partial charge in [-0.3, -0.25) is 9.59 Å². The summed E-state index contributed by atoms with van der Waals surface area (Å²) >= 11 is 1.61. The number of carbonyl (C=O) groups excluding carboxylic acids is 1. The highest BCUT2D eigenvalue weighted by molar-refractivity contribution is 7.98. The van der Waals surface area contributed by atoms with Crippen LogP contribution in [0.2, 0.25) is 0 Å². The van der Waals surface area contributed by atoms with Crippen LogP contribution >= 0.6 is 11.8 Å². The van der Waals surface area contributed by atoms with Crippen LogP contribution in [0.5, 0.6) is 0 Å². The molecule has 1 N–H and O–H groups in total. The molecule has 0 aliphatic rings. The van der Waals surface area contributed by atoms with Crippen molar-refractivity contribution in [3.8, 4) is 5.69 Å². The molecule has 0 saturated heterocycles. The molecule has 31 heavy (non-hydrogen) atoms. The number of alkyl halides is 3. The highest BCUT2D eigenvalue weighted by Crippen LogP contribution is 2.33. The minimum Gasteiger partial charge on any atom is -0.350 e. The quantitative estimate of drug-likeness (QED) is 0.551. The summed E-state index contributed by atoms with van der Waals surface area (Å²) in [6, 6.07) is 15.8. The standard InChI is InChI=1S/C22H20F3N3O2S/c1-15-13-19(29)20(21(30)26-11-12-31-14-16-7-3-2-4-8-16)27-28(15)18-10-6-5-9-17(18)22(23,24)25/h2-10,13H,11-12,14H2,1H3,(H,26,30). The van der Waals surface area contributed by atoms with Crippen molar-refractivity contribution in [2.24, 2.45) is 0 Å². The molecular formula is C22H20F3N3O2S. The predicted molar refractivity (Wildman–Crippen MR) is 115 cm³/mol. The lowest BCUT2D eigenvalue weighted by Crippen LogP contribution is -2.33. The van der Waals surface area contributed by atoms with E-state index in [0.717, 1.165) is 28.1 Å². The summed E-state index contributed by atoms with van der Waals surface area (Å²) in [5, 5.41) is 6.56. The first kappa shape index (κ1) is 22.6. The van der Waals surface area contributed by atoms with E-state index in [1.54, 1.807) is 11.8 Å². The minimum atomic E-state index is -4.60. The zero-order chi connectivity index (χ0) is 22.4. The lowest BCUT2D eigenvalue weighted by molar-refractivity contribution is -0.137. The Bertz CT molecular complexity index is 1110. The summed E-state index contributed by atoms with van der Waals surface area (Å²) in [5.74, 6) is 0.668. The van der Waals surface area contributed by atoms with Crippen LogP contribution in [0.1, 0.15) is 27.3 Å². The number of thioether (sulfide) groups is 1. The van der Waals surface area contributed by atoms with Gasteiger partial charge in [0.05, 0.1) is 11.3 Å². The van der Waals surface area contributed by atoms with Crippen molar-refractivity contribution in [3.05, 3.63) is 93.4 Å². The number of aromatic nitrogens is 2. The molecule has 1 amide bonds. The van der Waals surface area contributed by atoms with Crippen LogP contribution in [0.3, 0.4) is 0 Å². The Kier molecular flexibility index (Phi) is 7.17. The molecule has 0 spiro atoms. The van der Waals surface area contributed by atoms with Gasteiger partial charge in [0.15, 0.2) is 5.69 Å². The summed E-state index contributed by atoms with van der Waals surface area (Å²) in [6.45, 7) is 1.76. The number of para-hydroxylation sites is 1. The van der Waals surface area contributed by atoms with Gasteiger partial charge < -0.3 is 5.32 Å². The molecule has 3 aromatic rings. The monoisotopic (exact) mass is 447 g/mol. The first-order chi connectivity index (χ1) is 14.8. The van der Waals surface area contributed by atoms with Crippen LogP contribution in [0.15, 0.2) is 65.5 Å². The molecule has 1 heterocycles. The maximum Gasteiger partial charge on any atom is 0.418 e. The van der Waals surface area contributed by atoms with Crippen molar-refractivity contribution in [1.29, 1.82) is 0 Å². The van der Waals surface area contributed by atoms with Gasteiger partial charge in [-0.25, -0.2) is 4.68 Å². The highest BCUT2D eigenvalue weighted by Gasteiger charge is 2.34. The summed E-state index contributed by atoms with van der Waals surface area (Å²) < 4.78 is 41.1. The van der Waals surface area contributed by atoms with Gasteiger partial charge in [0.1, 0.15) is 0 Å². The molecule has 0 aliphatic carbocycles. The fourth-order valence-electron chi connectivity index (χ4n) is 2.93. The maximum atomic E-state index is 13.4. The molecule has 162 valence electrons. The summed E-state index contributed by atoms with van der Waals surface area (Å²) in [4.78, 5) is 24.7. The van der Waals surface area contributed by atoms with Crippen molar-refractivity contribution < 1.29 is 18.0 Å². The van der Waals surface area contributed by atoms with Crippen molar-refractivity contribution >= 4 is 17.7 Å². The average molecular weight is 447 g/mol. The number of nitrogens with zero attached hydrogens (tertiary/aromatic N) is 2. The molecule has 0 unspecified atom stereocenters. The Hall–Kier alpha value is -3.07. The number of halogens is 3. The third kappa shape index (κ3) is 5.75. The van der Waals surface area contributed by atoms with Crippen LogP contribution in [-0.2, 0) is 11.9 Å². The molecule has 0 saturated carbocycles. The van der Waals surface area contributed by atoms with E-state index in [2.05, 4.69) is 10.4 Å². The van der Waals surface area contributed by atoms with Gasteiger partial charge in [-0.1, -0.05) is 42.5 Å². The third-order valence-electron chi connectivity index (χ3n) is 4.40. The molecular weight excluding hydrogens is 427 g/mol. The lowest BCUT2D eigenvalue weighted by Gasteiger charge is -2.16. The Morgan fingerprint density at radius 2 is 1.77 bits per heavy atom. The first-order valence-electron chi connectivity index (χ1n) is 9.45. The summed E-state index contributed by atoms with van der Waals surface area (Å²) in [6.07, 6.45) is -4.60. The molecule has 0 aliphatic heterocycles. The number of hydrogen-bond acceptors (Lipinski definition) is 4. The predicted octanol–water partition coefficient (Wildman–Crippen LogP) is 4.22. The summed E-state index contributed by atoms with van der Waals surface area (Å²) in [7, 11) is 0. The molecule has 9 heteroatoms. The Morgan fingerprint density at radius 1 is 1.10 bits per heavy atom. The smallest absolute Gasteiger partial charge is 0.350 e. The van der Waals surface area contributed by atoms with E-state index in [9.17, 15) is 22.8 Å². The molecule has 0 atom stereocenters. The van der Waals surface area contributed by atoms with Gasteiger partial charge in [0.2, 0.25) is 5.43 Å². The molecule has 0 fully saturated rings. The van der Waals surface area contributed by atoms with Crippen molar-refractivity contribution in [2.45, 2.75) is 18.9 Å². The summed E-state index contributed by atoms with van der Waals surface area (Å²) in [5.41, 5.74) is -0.900. The Labute approximate surface area is 181 Å². The SMILES string of the molecule is Cc1cc(=O)c(C(=O)NCCSCc2ccccc2)nn1-c1ccccc1C(F)(F)F. The second-order valence-corrected chi connectivity index (χ2v) is 7.82. The zero-order valence-electron chi connectivity index (χ0n) is 16.6. The van der Waals surface area contributed by atoms with Crippen molar-refractivity contribution in [2.75, 3.05) is 12.3 Å². The number of benzene rings is 2. The molecule has 0 radical (unpaired) electrons. The number of nitrogens with one attached hydrogen (secondary N) is 1. The van der Waals surface area contributed by atoms with Gasteiger partial charge >= 0.3 is 6.18 Å². The van der Waals surface area contributed by atoms with Crippen LogP contribution in [-0.4, -0.2) is 28.0 Å². The number of hydrogen-bond donors (Lipinski definition) is 1. The van der Waals surface area contributed by atoms with E-state index in [1.165, 1.54) is 25.1 Å². The fourth-order valence-corrected chi connectivity index (χ4v) is 3.75. The van der Waals surface area contributed by atoms with E-state index in [4.69, 9.17) is 0 Å². The number of rotatable bonds is 7. The second-order valence-electron chi connectivity index (χ2n) is 6.72. The van der Waals surface area contributed by atoms with Crippen LogP contribution in [0.4, 0.5) is 13.2 Å². The maximum absolute atomic E-state index is 13.4. The number of carbonyl (C=O) groups is 1. The van der Waals surface area contributed by atoms with Crippen LogP contribution in [0.25, 0.3) is 5.69 Å². The largest absolute Gasteiger partial charge is 0.418 e. The topological polar surface area (TPSA) is 64.0 Å². The molecule has 1 aromatic heterocycles.